The van der Waals surface area contributed by atoms with Crippen molar-refractivity contribution in [2.24, 2.45) is 0 Å². The molecule has 5 heteroatoms. The van der Waals surface area contributed by atoms with Gasteiger partial charge in [0, 0.05) is 30.6 Å². The predicted molar refractivity (Wildman–Crippen MR) is 99.0 cm³/mol. The van der Waals surface area contributed by atoms with E-state index in [1.54, 1.807) is 0 Å². The average Bonchev–Trinajstić information content (AvgIpc) is 2.56. The van der Waals surface area contributed by atoms with Gasteiger partial charge in [-0.2, -0.15) is 11.8 Å². The Bertz CT molecular complexity index is 478. The third kappa shape index (κ3) is 6.83. The fourth-order valence-corrected chi connectivity index (χ4v) is 3.63. The van der Waals surface area contributed by atoms with Crippen LogP contribution in [-0.2, 0) is 5.75 Å². The Morgan fingerprint density at radius 1 is 1.35 bits per heavy atom. The van der Waals surface area contributed by atoms with Crippen LogP contribution in [0.3, 0.4) is 0 Å². The van der Waals surface area contributed by atoms with Crippen molar-refractivity contribution >= 4 is 17.8 Å². The van der Waals surface area contributed by atoms with Crippen molar-refractivity contribution in [3.05, 3.63) is 35.4 Å². The average molecular weight is 336 g/mol. The normalized spacial score (nSPS) is 18.6. The highest BCUT2D eigenvalue weighted by molar-refractivity contribution is 7.98. The molecular weight excluding hydrogens is 306 g/mol. The smallest absolute Gasteiger partial charge is 0.315 e. The molecule has 2 rings (SSSR count). The van der Waals surface area contributed by atoms with Crippen molar-refractivity contribution in [2.75, 3.05) is 31.9 Å². The molecule has 1 saturated heterocycles. The number of nitrogens with zero attached hydrogens (tertiary/aromatic N) is 1. The van der Waals surface area contributed by atoms with E-state index in [0.717, 1.165) is 37.6 Å². The molecule has 2 N–H and O–H groups in total. The minimum Gasteiger partial charge on any atom is -0.337 e. The molecule has 1 aromatic carbocycles. The lowest BCUT2D eigenvalue weighted by Gasteiger charge is -2.32. The van der Waals surface area contributed by atoms with Gasteiger partial charge in [0.2, 0.25) is 0 Å². The van der Waals surface area contributed by atoms with Gasteiger partial charge < -0.3 is 15.5 Å². The largest absolute Gasteiger partial charge is 0.337 e. The van der Waals surface area contributed by atoms with Gasteiger partial charge in [-0.05, 0) is 38.4 Å². The molecule has 1 aromatic rings. The number of likely N-dealkylation sites (N-methyl/N-ethyl adjacent to an activating group) is 1. The van der Waals surface area contributed by atoms with Crippen LogP contribution in [0.5, 0.6) is 0 Å². The van der Waals surface area contributed by atoms with Crippen LogP contribution in [-0.4, -0.2) is 48.9 Å². The zero-order chi connectivity index (χ0) is 16.5. The van der Waals surface area contributed by atoms with Gasteiger partial charge in [0.05, 0.1) is 0 Å². The predicted octanol–water partition coefficient (Wildman–Crippen LogP) is 3.01. The second kappa shape index (κ2) is 9.83. The first-order valence-corrected chi connectivity index (χ1v) is 9.73. The van der Waals surface area contributed by atoms with E-state index < -0.39 is 0 Å². The van der Waals surface area contributed by atoms with E-state index in [1.807, 2.05) is 11.8 Å². The molecule has 128 valence electrons. The molecule has 0 radical (unpaired) electrons. The van der Waals surface area contributed by atoms with Crippen LogP contribution in [0.2, 0.25) is 0 Å². The number of amides is 2. The van der Waals surface area contributed by atoms with Gasteiger partial charge in [-0.1, -0.05) is 36.8 Å². The van der Waals surface area contributed by atoms with Crippen molar-refractivity contribution in [1.29, 1.82) is 0 Å². The molecule has 1 heterocycles. The summed E-state index contributed by atoms with van der Waals surface area (Å²) in [5, 5.41) is 6.07. The molecule has 1 fully saturated rings. The van der Waals surface area contributed by atoms with E-state index in [-0.39, 0.29) is 6.03 Å². The molecule has 1 aliphatic heterocycles. The molecule has 0 unspecified atom stereocenters. The summed E-state index contributed by atoms with van der Waals surface area (Å²) in [6.45, 7) is 8.19. The quantitative estimate of drug-likeness (QED) is 0.753. The van der Waals surface area contributed by atoms with E-state index in [9.17, 15) is 4.79 Å². The van der Waals surface area contributed by atoms with E-state index in [0.29, 0.717) is 12.6 Å². The highest BCUT2D eigenvalue weighted by Gasteiger charge is 2.19. The number of likely N-dealkylation sites (tertiary alicyclic amines) is 1. The summed E-state index contributed by atoms with van der Waals surface area (Å²) >= 11 is 1.85. The second-order valence-corrected chi connectivity index (χ2v) is 7.28. The van der Waals surface area contributed by atoms with Gasteiger partial charge in [-0.25, -0.2) is 4.79 Å². The summed E-state index contributed by atoms with van der Waals surface area (Å²) < 4.78 is 0. The molecule has 1 atom stereocenters. The highest BCUT2D eigenvalue weighted by atomic mass is 32.2. The molecule has 0 saturated carbocycles. The lowest BCUT2D eigenvalue weighted by atomic mass is 10.1. The summed E-state index contributed by atoms with van der Waals surface area (Å²) in [6.07, 6.45) is 2.26. The van der Waals surface area contributed by atoms with Crippen LogP contribution in [0.15, 0.2) is 24.3 Å². The van der Waals surface area contributed by atoms with E-state index in [2.05, 4.69) is 53.6 Å². The number of benzene rings is 1. The number of carbonyl (C=O) groups excluding carboxylic acids is 1. The maximum atomic E-state index is 11.9. The van der Waals surface area contributed by atoms with Gasteiger partial charge >= 0.3 is 6.03 Å². The van der Waals surface area contributed by atoms with Crippen LogP contribution in [0.25, 0.3) is 0 Å². The summed E-state index contributed by atoms with van der Waals surface area (Å²) in [5.74, 6) is 1.94. The van der Waals surface area contributed by atoms with Crippen LogP contribution in [0.4, 0.5) is 4.79 Å². The van der Waals surface area contributed by atoms with E-state index in [1.165, 1.54) is 17.5 Å². The molecule has 1 aliphatic rings. The zero-order valence-corrected chi connectivity index (χ0v) is 15.1. The minimum absolute atomic E-state index is 0.0242. The molecule has 0 spiro atoms. The molecule has 0 aromatic heterocycles. The van der Waals surface area contributed by atoms with E-state index in [4.69, 9.17) is 0 Å². The van der Waals surface area contributed by atoms with Crippen molar-refractivity contribution in [2.45, 2.75) is 38.5 Å². The summed E-state index contributed by atoms with van der Waals surface area (Å²) in [4.78, 5) is 14.3. The highest BCUT2D eigenvalue weighted by Crippen LogP contribution is 2.12. The zero-order valence-electron chi connectivity index (χ0n) is 14.3. The molecule has 0 bridgehead atoms. The minimum atomic E-state index is -0.0242. The topological polar surface area (TPSA) is 44.4 Å². The fourth-order valence-electron chi connectivity index (χ4n) is 2.81. The van der Waals surface area contributed by atoms with Crippen LogP contribution >= 0.6 is 11.8 Å². The van der Waals surface area contributed by atoms with Crippen molar-refractivity contribution in [3.63, 3.8) is 0 Å². The Balaban J connectivity index is 1.55. The number of piperidine rings is 1. The standard InChI is InChI=1S/C18H29N3OS/c1-3-21-11-4-5-17(13-21)20-18(22)19-10-12-23-14-16-8-6-15(2)7-9-16/h6-9,17H,3-5,10-14H2,1-2H3,(H2,19,20,22)/t17-/m1/s1. The molecule has 2 amide bonds. The van der Waals surface area contributed by atoms with Crippen LogP contribution in [0.1, 0.15) is 30.9 Å². The number of thioether (sulfide) groups is 1. The number of urea groups is 1. The number of aryl methyl sites for hydroxylation is 1. The summed E-state index contributed by atoms with van der Waals surface area (Å²) in [7, 11) is 0. The molecule has 0 aliphatic carbocycles. The lowest BCUT2D eigenvalue weighted by Crippen LogP contribution is -2.50. The molecular formula is C18H29N3OS. The first-order valence-electron chi connectivity index (χ1n) is 8.57. The third-order valence-corrected chi connectivity index (χ3v) is 5.24. The first-order chi connectivity index (χ1) is 11.2. The van der Waals surface area contributed by atoms with Crippen molar-refractivity contribution in [3.8, 4) is 0 Å². The monoisotopic (exact) mass is 335 g/mol. The first kappa shape index (κ1) is 18.1. The SMILES string of the molecule is CCN1CCC[C@@H](NC(=O)NCCSCc2ccc(C)cc2)C1. The molecule has 23 heavy (non-hydrogen) atoms. The van der Waals surface area contributed by atoms with Gasteiger partial charge in [0.15, 0.2) is 0 Å². The maximum absolute atomic E-state index is 11.9. The van der Waals surface area contributed by atoms with Gasteiger partial charge in [0.1, 0.15) is 0 Å². The van der Waals surface area contributed by atoms with Crippen molar-refractivity contribution in [1.82, 2.24) is 15.5 Å². The Morgan fingerprint density at radius 3 is 2.87 bits per heavy atom. The Hall–Kier alpha value is -1.20. The van der Waals surface area contributed by atoms with Gasteiger partial charge in [-0.3, -0.25) is 0 Å². The molecule has 4 nitrogen and oxygen atoms in total. The number of nitrogens with one attached hydrogen (secondary N) is 2. The summed E-state index contributed by atoms with van der Waals surface area (Å²) in [5.41, 5.74) is 2.63. The van der Waals surface area contributed by atoms with Gasteiger partial charge in [-0.15, -0.1) is 0 Å². The second-order valence-electron chi connectivity index (χ2n) is 6.17. The van der Waals surface area contributed by atoms with Crippen LogP contribution in [0, 0.1) is 6.92 Å². The Labute approximate surface area is 144 Å². The Morgan fingerprint density at radius 2 is 2.13 bits per heavy atom. The number of hydrogen-bond donors (Lipinski definition) is 2. The van der Waals surface area contributed by atoms with Crippen LogP contribution < -0.4 is 10.6 Å². The van der Waals surface area contributed by atoms with E-state index >= 15 is 0 Å². The number of rotatable bonds is 7. The van der Waals surface area contributed by atoms with Crippen molar-refractivity contribution < 1.29 is 4.79 Å². The number of hydrogen-bond acceptors (Lipinski definition) is 3. The number of carbonyl (C=O) groups is 1. The lowest BCUT2D eigenvalue weighted by molar-refractivity contribution is 0.192. The summed E-state index contributed by atoms with van der Waals surface area (Å²) in [6, 6.07) is 8.90. The van der Waals surface area contributed by atoms with Gasteiger partial charge in [0.25, 0.3) is 0 Å². The third-order valence-electron chi connectivity index (χ3n) is 4.21. The fraction of sp³-hybridized carbons (Fsp3) is 0.611. The Kier molecular flexibility index (Phi) is 7.76. The maximum Gasteiger partial charge on any atom is 0.315 e.